The standard InChI is InChI=1S/C19H19BN2O4S/c23-20(24)16-9-11-19(12-10-16)27(25,26)22(18-7-2-1-3-8-18)15-13-17-6-4-5-14-21-17/h1-12,14,23-24H,13,15H2. The molecule has 0 saturated heterocycles. The Bertz CT molecular complexity index is 966. The smallest absolute Gasteiger partial charge is 0.423 e. The second kappa shape index (κ2) is 8.34. The fourth-order valence-corrected chi connectivity index (χ4v) is 4.15. The Labute approximate surface area is 158 Å². The van der Waals surface area contributed by atoms with Gasteiger partial charge in [0.1, 0.15) is 0 Å². The van der Waals surface area contributed by atoms with Gasteiger partial charge in [-0.3, -0.25) is 9.29 Å². The molecule has 0 unspecified atom stereocenters. The fourth-order valence-electron chi connectivity index (χ4n) is 2.68. The second-order valence-corrected chi connectivity index (χ2v) is 7.79. The molecule has 0 amide bonds. The molecule has 3 rings (SSSR count). The van der Waals surface area contributed by atoms with Crippen molar-refractivity contribution in [2.45, 2.75) is 11.3 Å². The summed E-state index contributed by atoms with van der Waals surface area (Å²) in [5.41, 5.74) is 1.58. The summed E-state index contributed by atoms with van der Waals surface area (Å²) in [7, 11) is -5.47. The molecule has 8 heteroatoms. The summed E-state index contributed by atoms with van der Waals surface area (Å²) in [5, 5.41) is 18.4. The van der Waals surface area contributed by atoms with Crippen molar-refractivity contribution >= 4 is 28.3 Å². The molecule has 0 fully saturated rings. The summed E-state index contributed by atoms with van der Waals surface area (Å²) in [4.78, 5) is 4.33. The van der Waals surface area contributed by atoms with Crippen LogP contribution in [0.15, 0.2) is 83.9 Å². The SMILES string of the molecule is O=S(=O)(c1ccc(B(O)O)cc1)N(CCc1ccccn1)c1ccccc1. The monoisotopic (exact) mass is 382 g/mol. The largest absolute Gasteiger partial charge is 0.488 e. The van der Waals surface area contributed by atoms with Crippen LogP contribution in [0.2, 0.25) is 0 Å². The summed E-state index contributed by atoms with van der Waals surface area (Å²) in [5.74, 6) is 0. The van der Waals surface area contributed by atoms with Gasteiger partial charge in [0, 0.05) is 24.9 Å². The topological polar surface area (TPSA) is 90.7 Å². The predicted octanol–water partition coefficient (Wildman–Crippen LogP) is 1.20. The van der Waals surface area contributed by atoms with Crippen molar-refractivity contribution in [3.63, 3.8) is 0 Å². The minimum atomic E-state index is -3.82. The lowest BCUT2D eigenvalue weighted by atomic mass is 9.81. The van der Waals surface area contributed by atoms with Gasteiger partial charge in [-0.15, -0.1) is 0 Å². The quantitative estimate of drug-likeness (QED) is 0.600. The number of sulfonamides is 1. The lowest BCUT2D eigenvalue weighted by Gasteiger charge is -2.24. The highest BCUT2D eigenvalue weighted by Crippen LogP contribution is 2.23. The summed E-state index contributed by atoms with van der Waals surface area (Å²) < 4.78 is 27.8. The Kier molecular flexibility index (Phi) is 5.90. The summed E-state index contributed by atoms with van der Waals surface area (Å²) in [6.45, 7) is 0.230. The van der Waals surface area contributed by atoms with E-state index in [9.17, 15) is 18.5 Å². The molecule has 3 aromatic rings. The van der Waals surface area contributed by atoms with Crippen molar-refractivity contribution in [1.82, 2.24) is 4.98 Å². The number of hydrogen-bond acceptors (Lipinski definition) is 5. The van der Waals surface area contributed by atoms with Crippen LogP contribution < -0.4 is 9.77 Å². The third-order valence-electron chi connectivity index (χ3n) is 4.11. The molecule has 0 atom stereocenters. The van der Waals surface area contributed by atoms with E-state index in [-0.39, 0.29) is 16.9 Å². The van der Waals surface area contributed by atoms with Crippen LogP contribution in [0.1, 0.15) is 5.69 Å². The normalized spacial score (nSPS) is 11.2. The van der Waals surface area contributed by atoms with E-state index in [4.69, 9.17) is 0 Å². The van der Waals surface area contributed by atoms with Gasteiger partial charge in [-0.1, -0.05) is 36.4 Å². The van der Waals surface area contributed by atoms with Crippen LogP contribution in [0.25, 0.3) is 0 Å². The molecular weight excluding hydrogens is 363 g/mol. The molecule has 2 aromatic carbocycles. The van der Waals surface area contributed by atoms with Crippen LogP contribution in [0, 0.1) is 0 Å². The summed E-state index contributed by atoms with van der Waals surface area (Å²) >= 11 is 0. The molecule has 138 valence electrons. The van der Waals surface area contributed by atoms with Gasteiger partial charge in [-0.25, -0.2) is 8.42 Å². The molecule has 1 heterocycles. The number of para-hydroxylation sites is 1. The Morgan fingerprint density at radius 1 is 0.889 bits per heavy atom. The number of aromatic nitrogens is 1. The zero-order chi connectivity index (χ0) is 19.3. The molecule has 0 saturated carbocycles. The number of hydrogen-bond donors (Lipinski definition) is 2. The lowest BCUT2D eigenvalue weighted by Crippen LogP contribution is -2.34. The van der Waals surface area contributed by atoms with Gasteiger partial charge in [0.15, 0.2) is 0 Å². The molecule has 1 aromatic heterocycles. The zero-order valence-corrected chi connectivity index (χ0v) is 15.3. The van der Waals surface area contributed by atoms with E-state index in [1.165, 1.54) is 28.6 Å². The average molecular weight is 382 g/mol. The highest BCUT2D eigenvalue weighted by atomic mass is 32.2. The molecule has 0 aliphatic carbocycles. The first-order chi connectivity index (χ1) is 13.0. The molecule has 0 aliphatic heterocycles. The lowest BCUT2D eigenvalue weighted by molar-refractivity contribution is 0.425. The third kappa shape index (κ3) is 4.54. The Balaban J connectivity index is 1.93. The van der Waals surface area contributed by atoms with E-state index < -0.39 is 17.1 Å². The number of pyridine rings is 1. The predicted molar refractivity (Wildman–Crippen MR) is 105 cm³/mol. The molecule has 2 N–H and O–H groups in total. The Morgan fingerprint density at radius 3 is 2.15 bits per heavy atom. The molecule has 27 heavy (non-hydrogen) atoms. The molecule has 6 nitrogen and oxygen atoms in total. The highest BCUT2D eigenvalue weighted by molar-refractivity contribution is 7.92. The van der Waals surface area contributed by atoms with E-state index in [1.54, 1.807) is 30.5 Å². The molecule has 0 aliphatic rings. The van der Waals surface area contributed by atoms with Gasteiger partial charge in [0.25, 0.3) is 10.0 Å². The number of benzene rings is 2. The van der Waals surface area contributed by atoms with Crippen LogP contribution in [0.5, 0.6) is 0 Å². The highest BCUT2D eigenvalue weighted by Gasteiger charge is 2.25. The van der Waals surface area contributed by atoms with Crippen molar-refractivity contribution in [2.24, 2.45) is 0 Å². The molecule has 0 radical (unpaired) electrons. The van der Waals surface area contributed by atoms with Gasteiger partial charge in [-0.2, -0.15) is 0 Å². The Morgan fingerprint density at radius 2 is 1.56 bits per heavy atom. The van der Waals surface area contributed by atoms with E-state index in [0.29, 0.717) is 12.1 Å². The van der Waals surface area contributed by atoms with Crippen molar-refractivity contribution in [3.05, 3.63) is 84.7 Å². The first kappa shape index (κ1) is 19.1. The fraction of sp³-hybridized carbons (Fsp3) is 0.105. The maximum Gasteiger partial charge on any atom is 0.488 e. The van der Waals surface area contributed by atoms with E-state index in [2.05, 4.69) is 4.98 Å². The van der Waals surface area contributed by atoms with Crippen LogP contribution >= 0.6 is 0 Å². The van der Waals surface area contributed by atoms with Crippen molar-refractivity contribution in [2.75, 3.05) is 10.8 Å². The van der Waals surface area contributed by atoms with Crippen molar-refractivity contribution in [3.8, 4) is 0 Å². The van der Waals surface area contributed by atoms with Gasteiger partial charge < -0.3 is 10.0 Å². The third-order valence-corrected chi connectivity index (χ3v) is 5.95. The van der Waals surface area contributed by atoms with Crippen LogP contribution in [0.3, 0.4) is 0 Å². The zero-order valence-electron chi connectivity index (χ0n) is 14.5. The molecule has 0 bridgehead atoms. The van der Waals surface area contributed by atoms with Crippen molar-refractivity contribution in [1.29, 1.82) is 0 Å². The van der Waals surface area contributed by atoms with Gasteiger partial charge >= 0.3 is 7.12 Å². The Hall–Kier alpha value is -2.68. The average Bonchev–Trinajstić information content (AvgIpc) is 2.69. The second-order valence-electron chi connectivity index (χ2n) is 5.93. The minimum absolute atomic E-state index is 0.0803. The number of anilines is 1. The van der Waals surface area contributed by atoms with Gasteiger partial charge in [-0.05, 0) is 41.9 Å². The van der Waals surface area contributed by atoms with Crippen LogP contribution in [-0.2, 0) is 16.4 Å². The summed E-state index contributed by atoms with van der Waals surface area (Å²) in [6.07, 6.45) is 2.14. The maximum absolute atomic E-state index is 13.2. The van der Waals surface area contributed by atoms with E-state index >= 15 is 0 Å². The number of nitrogens with zero attached hydrogens (tertiary/aromatic N) is 2. The van der Waals surface area contributed by atoms with Crippen LogP contribution in [0.4, 0.5) is 5.69 Å². The van der Waals surface area contributed by atoms with E-state index in [0.717, 1.165) is 5.69 Å². The number of rotatable bonds is 7. The van der Waals surface area contributed by atoms with Crippen LogP contribution in [-0.4, -0.2) is 37.1 Å². The van der Waals surface area contributed by atoms with Crippen molar-refractivity contribution < 1.29 is 18.5 Å². The van der Waals surface area contributed by atoms with E-state index in [1.807, 2.05) is 24.3 Å². The first-order valence-electron chi connectivity index (χ1n) is 8.42. The minimum Gasteiger partial charge on any atom is -0.423 e. The first-order valence-corrected chi connectivity index (χ1v) is 9.86. The van der Waals surface area contributed by atoms with Gasteiger partial charge in [0.2, 0.25) is 0 Å². The summed E-state index contributed by atoms with van der Waals surface area (Å²) in [6, 6.07) is 19.9. The maximum atomic E-state index is 13.2. The molecule has 0 spiro atoms. The van der Waals surface area contributed by atoms with Gasteiger partial charge in [0.05, 0.1) is 10.6 Å². The molecular formula is C19H19BN2O4S.